The minimum absolute atomic E-state index is 0.0338. The molecule has 2 aromatic rings. The van der Waals surface area contributed by atoms with Crippen molar-refractivity contribution in [1.29, 1.82) is 0 Å². The first kappa shape index (κ1) is 36.5. The van der Waals surface area contributed by atoms with Gasteiger partial charge in [-0.15, -0.1) is 24.5 Å². The van der Waals surface area contributed by atoms with Gasteiger partial charge in [0.25, 0.3) is 0 Å². The molecule has 0 aliphatic carbocycles. The van der Waals surface area contributed by atoms with E-state index < -0.39 is 6.36 Å². The second kappa shape index (κ2) is 18.1. The zero-order valence-corrected chi connectivity index (χ0v) is 26.9. The van der Waals surface area contributed by atoms with Gasteiger partial charge >= 0.3 is 6.36 Å². The Morgan fingerprint density at radius 2 is 1.81 bits per heavy atom. The molecule has 0 saturated carbocycles. The number of carbonyl (C=O) groups excluding carboxylic acids is 1. The third kappa shape index (κ3) is 12.6. The van der Waals surface area contributed by atoms with Gasteiger partial charge in [0, 0.05) is 45.4 Å². The summed E-state index contributed by atoms with van der Waals surface area (Å²) < 4.78 is 41.2. The van der Waals surface area contributed by atoms with Crippen LogP contribution in [0, 0.1) is 0 Å². The van der Waals surface area contributed by atoms with Crippen LogP contribution < -0.4 is 10.1 Å². The predicted molar refractivity (Wildman–Crippen MR) is 173 cm³/mol. The predicted octanol–water partition coefficient (Wildman–Crippen LogP) is 10.5. The van der Waals surface area contributed by atoms with E-state index in [0.29, 0.717) is 30.9 Å². The first-order chi connectivity index (χ1) is 19.8. The molecule has 0 bridgehead atoms. The van der Waals surface area contributed by atoms with E-state index in [1.165, 1.54) is 35.8 Å². The average Bonchev–Trinajstić information content (AvgIpc) is 3.36. The summed E-state index contributed by atoms with van der Waals surface area (Å²) >= 11 is 1.55. The zero-order valence-electron chi connectivity index (χ0n) is 26.1. The second-order valence-corrected chi connectivity index (χ2v) is 10.9. The van der Waals surface area contributed by atoms with Gasteiger partial charge in [-0.2, -0.15) is 0 Å². The van der Waals surface area contributed by atoms with Crippen LogP contribution in [-0.2, 0) is 17.8 Å². The number of hydrogen-bond acceptors (Lipinski definition) is 4. The highest BCUT2D eigenvalue weighted by Crippen LogP contribution is 2.34. The number of fused-ring (bicyclic) bond motifs is 1. The van der Waals surface area contributed by atoms with Crippen molar-refractivity contribution in [2.75, 3.05) is 11.9 Å². The van der Waals surface area contributed by atoms with Gasteiger partial charge in [-0.3, -0.25) is 4.79 Å². The number of alkyl halides is 3. The normalized spacial score (nSPS) is 13.0. The third-order valence-electron chi connectivity index (χ3n) is 6.13. The maximum atomic E-state index is 12.4. The molecule has 1 aromatic heterocycles. The van der Waals surface area contributed by atoms with E-state index in [1.54, 1.807) is 30.4 Å². The SMILES string of the molecule is C/C=C\C=C/C(C)=C(C)C.C=C(Nc1cccc(OC(F)(F)F)c1)c1csc2c1CCN(C(=O)/C(C)=C/C)C2.CCC. The Kier molecular flexibility index (Phi) is 15.7. The number of hydrogen-bond donors (Lipinski definition) is 1. The molecule has 3 rings (SSSR count). The highest BCUT2D eigenvalue weighted by molar-refractivity contribution is 7.10. The van der Waals surface area contributed by atoms with E-state index in [2.05, 4.69) is 63.4 Å². The van der Waals surface area contributed by atoms with Crippen LogP contribution in [0.25, 0.3) is 5.70 Å². The summed E-state index contributed by atoms with van der Waals surface area (Å²) in [6, 6.07) is 5.64. The van der Waals surface area contributed by atoms with E-state index in [-0.39, 0.29) is 11.7 Å². The molecular weight excluding hydrogens is 557 g/mol. The van der Waals surface area contributed by atoms with Crippen LogP contribution in [0.2, 0.25) is 0 Å². The molecule has 1 aliphatic rings. The first-order valence-electron chi connectivity index (χ1n) is 14.0. The van der Waals surface area contributed by atoms with Crippen molar-refractivity contribution in [3.63, 3.8) is 0 Å². The fourth-order valence-electron chi connectivity index (χ4n) is 3.62. The molecule has 1 N–H and O–H groups in total. The fourth-order valence-corrected chi connectivity index (χ4v) is 4.75. The largest absolute Gasteiger partial charge is 0.573 e. The van der Waals surface area contributed by atoms with Gasteiger partial charge < -0.3 is 15.0 Å². The number of halogens is 3. The summed E-state index contributed by atoms with van der Waals surface area (Å²) in [7, 11) is 0. The smallest absolute Gasteiger partial charge is 0.406 e. The van der Waals surface area contributed by atoms with Gasteiger partial charge in [0.15, 0.2) is 0 Å². The number of allylic oxidation sites excluding steroid dienone is 7. The van der Waals surface area contributed by atoms with Gasteiger partial charge in [-0.05, 0) is 65.7 Å². The average molecular weight is 603 g/mol. The number of benzene rings is 1. The van der Waals surface area contributed by atoms with Crippen LogP contribution in [0.5, 0.6) is 5.75 Å². The fraction of sp³-hybridized carbons (Fsp3) is 0.382. The molecule has 0 saturated heterocycles. The Morgan fingerprint density at radius 3 is 2.38 bits per heavy atom. The van der Waals surface area contributed by atoms with Crippen molar-refractivity contribution in [2.45, 2.75) is 81.1 Å². The number of rotatable bonds is 7. The number of nitrogens with zero attached hydrogens (tertiary/aromatic N) is 1. The lowest BCUT2D eigenvalue weighted by Crippen LogP contribution is -2.36. The highest BCUT2D eigenvalue weighted by atomic mass is 32.1. The number of amides is 1. The van der Waals surface area contributed by atoms with Crippen molar-refractivity contribution in [3.8, 4) is 5.75 Å². The molecule has 0 fully saturated rings. The minimum Gasteiger partial charge on any atom is -0.406 e. The van der Waals surface area contributed by atoms with Crippen molar-refractivity contribution in [2.24, 2.45) is 0 Å². The van der Waals surface area contributed by atoms with Crippen molar-refractivity contribution in [1.82, 2.24) is 4.90 Å². The number of anilines is 1. The van der Waals surface area contributed by atoms with E-state index in [1.807, 2.05) is 36.3 Å². The molecule has 1 aliphatic heterocycles. The first-order valence-corrected chi connectivity index (χ1v) is 14.9. The summed E-state index contributed by atoms with van der Waals surface area (Å²) in [5, 5.41) is 5.02. The van der Waals surface area contributed by atoms with Gasteiger partial charge in [0.2, 0.25) is 5.91 Å². The van der Waals surface area contributed by atoms with Gasteiger partial charge in [0.1, 0.15) is 5.75 Å². The topological polar surface area (TPSA) is 41.6 Å². The van der Waals surface area contributed by atoms with Crippen molar-refractivity contribution >= 4 is 28.6 Å². The van der Waals surface area contributed by atoms with E-state index in [4.69, 9.17) is 0 Å². The van der Waals surface area contributed by atoms with Crippen LogP contribution in [0.15, 0.2) is 83.3 Å². The Hall–Kier alpha value is -3.52. The number of carbonyl (C=O) groups is 1. The maximum absolute atomic E-state index is 12.4. The Labute approximate surface area is 254 Å². The molecule has 0 radical (unpaired) electrons. The lowest BCUT2D eigenvalue weighted by molar-refractivity contribution is -0.274. The van der Waals surface area contributed by atoms with E-state index in [9.17, 15) is 18.0 Å². The molecule has 4 nitrogen and oxygen atoms in total. The van der Waals surface area contributed by atoms with Crippen LogP contribution in [0.4, 0.5) is 18.9 Å². The Bertz CT molecular complexity index is 1300. The lowest BCUT2D eigenvalue weighted by atomic mass is 10.0. The molecule has 0 unspecified atom stereocenters. The van der Waals surface area contributed by atoms with Crippen LogP contribution in [-0.4, -0.2) is 23.7 Å². The van der Waals surface area contributed by atoms with E-state index in [0.717, 1.165) is 21.6 Å². The Morgan fingerprint density at radius 1 is 1.14 bits per heavy atom. The molecule has 230 valence electrons. The van der Waals surface area contributed by atoms with Gasteiger partial charge in [-0.1, -0.05) is 74.4 Å². The molecule has 0 spiro atoms. The van der Waals surface area contributed by atoms with Crippen LogP contribution in [0.1, 0.15) is 77.8 Å². The minimum atomic E-state index is -4.74. The molecule has 42 heavy (non-hydrogen) atoms. The molecular formula is C34H45F3N2O2S. The van der Waals surface area contributed by atoms with Crippen LogP contribution in [0.3, 0.4) is 0 Å². The summed E-state index contributed by atoms with van der Waals surface area (Å²) in [6.45, 7) is 21.5. The lowest BCUT2D eigenvalue weighted by Gasteiger charge is -2.28. The van der Waals surface area contributed by atoms with Crippen molar-refractivity contribution < 1.29 is 22.7 Å². The number of ether oxygens (including phenoxy) is 1. The third-order valence-corrected chi connectivity index (χ3v) is 7.14. The quantitative estimate of drug-likeness (QED) is 0.253. The summed E-state index contributed by atoms with van der Waals surface area (Å²) in [6.07, 6.45) is 7.25. The standard InChI is InChI=1S/C21H21F3N2O2S.C10H16.C3H8/c1-4-13(2)20(27)26-9-8-17-18(12-29-19(17)11-26)14(3)25-15-6-5-7-16(10-15)28-21(22,23)24;1-5-6-7-8-10(4)9(2)3;1-3-2/h4-7,10,12,25H,3,8-9,11H2,1-2H3;5-8H,1-4H3;3H2,1-2H3/b13-4+;6-5-,8-7-;. The Balaban J connectivity index is 0.000000571. The monoisotopic (exact) mass is 602 g/mol. The molecule has 0 atom stereocenters. The van der Waals surface area contributed by atoms with Crippen LogP contribution >= 0.6 is 11.3 Å². The molecule has 8 heteroatoms. The van der Waals surface area contributed by atoms with E-state index >= 15 is 0 Å². The second-order valence-electron chi connectivity index (χ2n) is 9.95. The maximum Gasteiger partial charge on any atom is 0.573 e. The molecule has 1 aromatic carbocycles. The van der Waals surface area contributed by atoms with Crippen molar-refractivity contribution in [3.05, 3.63) is 99.3 Å². The summed E-state index contributed by atoms with van der Waals surface area (Å²) in [5.41, 5.74) is 6.53. The van der Waals surface area contributed by atoms with Gasteiger partial charge in [0.05, 0.1) is 6.54 Å². The number of thiophene rings is 1. The molecule has 2 heterocycles. The number of nitrogens with one attached hydrogen (secondary N) is 1. The summed E-state index contributed by atoms with van der Waals surface area (Å²) in [4.78, 5) is 15.3. The highest BCUT2D eigenvalue weighted by Gasteiger charge is 2.31. The van der Waals surface area contributed by atoms with Gasteiger partial charge in [-0.25, -0.2) is 0 Å². The molecule has 1 amide bonds. The summed E-state index contributed by atoms with van der Waals surface area (Å²) in [5.74, 6) is -0.261. The zero-order chi connectivity index (χ0) is 31.9.